The number of carbonyl (C=O) groups is 1. The zero-order valence-electron chi connectivity index (χ0n) is 11.4. The zero-order valence-corrected chi connectivity index (χ0v) is 11.4. The Morgan fingerprint density at radius 1 is 1.42 bits per heavy atom. The number of likely N-dealkylation sites (tertiary alicyclic amines) is 1. The van der Waals surface area contributed by atoms with Crippen LogP contribution < -0.4 is 5.32 Å². The Hall–Kier alpha value is -1.42. The van der Waals surface area contributed by atoms with Crippen molar-refractivity contribution in [1.29, 1.82) is 0 Å². The molecule has 4 heteroatoms. The maximum atomic E-state index is 12.6. The highest BCUT2D eigenvalue weighted by molar-refractivity contribution is 5.83. The molecule has 3 rings (SSSR count). The molecule has 3 atom stereocenters. The number of pyridine rings is 1. The summed E-state index contributed by atoms with van der Waals surface area (Å²) in [7, 11) is 0. The van der Waals surface area contributed by atoms with Gasteiger partial charge in [0.05, 0.1) is 5.92 Å². The molecule has 0 saturated carbocycles. The van der Waals surface area contributed by atoms with E-state index in [0.29, 0.717) is 12.1 Å². The second-order valence-corrected chi connectivity index (χ2v) is 5.72. The summed E-state index contributed by atoms with van der Waals surface area (Å²) in [4.78, 5) is 18.7. The fourth-order valence-electron chi connectivity index (χ4n) is 3.19. The minimum atomic E-state index is -0.0923. The summed E-state index contributed by atoms with van der Waals surface area (Å²) in [5.41, 5.74) is 1.01. The molecule has 2 saturated heterocycles. The van der Waals surface area contributed by atoms with E-state index in [1.54, 1.807) is 12.4 Å². The van der Waals surface area contributed by atoms with Gasteiger partial charge in [-0.25, -0.2) is 0 Å². The van der Waals surface area contributed by atoms with E-state index < -0.39 is 0 Å². The van der Waals surface area contributed by atoms with E-state index in [9.17, 15) is 4.79 Å². The van der Waals surface area contributed by atoms with Gasteiger partial charge in [0.1, 0.15) is 0 Å². The molecule has 1 aromatic rings. The number of nitrogens with zero attached hydrogens (tertiary/aromatic N) is 2. The average Bonchev–Trinajstić information content (AvgIpc) is 2.78. The van der Waals surface area contributed by atoms with Crippen molar-refractivity contribution in [2.75, 3.05) is 13.1 Å². The molecule has 0 spiro atoms. The lowest BCUT2D eigenvalue weighted by Gasteiger charge is -2.27. The molecule has 102 valence electrons. The predicted molar refractivity (Wildman–Crippen MR) is 73.8 cm³/mol. The van der Waals surface area contributed by atoms with Crippen LogP contribution in [0.3, 0.4) is 0 Å². The van der Waals surface area contributed by atoms with Crippen molar-refractivity contribution in [3.05, 3.63) is 30.1 Å². The molecule has 3 heterocycles. The SMILES string of the molecule is CC(C(=O)N1CCC2CCC(C1)N2)c1cccnc1. The lowest BCUT2D eigenvalue weighted by molar-refractivity contribution is -0.132. The maximum absolute atomic E-state index is 12.6. The quantitative estimate of drug-likeness (QED) is 0.876. The topological polar surface area (TPSA) is 45.2 Å². The van der Waals surface area contributed by atoms with Crippen molar-refractivity contribution < 1.29 is 4.79 Å². The Labute approximate surface area is 114 Å². The largest absolute Gasteiger partial charge is 0.341 e. The third-order valence-corrected chi connectivity index (χ3v) is 4.39. The fraction of sp³-hybridized carbons (Fsp3) is 0.600. The Kier molecular flexibility index (Phi) is 3.51. The molecule has 0 aromatic carbocycles. The van der Waals surface area contributed by atoms with Crippen LogP contribution in [-0.4, -0.2) is 41.0 Å². The van der Waals surface area contributed by atoms with Gasteiger partial charge in [0, 0.05) is 37.6 Å². The number of rotatable bonds is 2. The van der Waals surface area contributed by atoms with Crippen LogP contribution in [0, 0.1) is 0 Å². The first-order valence-electron chi connectivity index (χ1n) is 7.19. The smallest absolute Gasteiger partial charge is 0.229 e. The van der Waals surface area contributed by atoms with Crippen LogP contribution in [-0.2, 0) is 4.79 Å². The number of amides is 1. The minimum Gasteiger partial charge on any atom is -0.341 e. The van der Waals surface area contributed by atoms with Gasteiger partial charge in [0.15, 0.2) is 0 Å². The first-order valence-corrected chi connectivity index (χ1v) is 7.19. The van der Waals surface area contributed by atoms with Crippen molar-refractivity contribution in [1.82, 2.24) is 15.2 Å². The summed E-state index contributed by atoms with van der Waals surface area (Å²) < 4.78 is 0. The van der Waals surface area contributed by atoms with E-state index in [-0.39, 0.29) is 11.8 Å². The predicted octanol–water partition coefficient (Wildman–Crippen LogP) is 1.54. The molecular weight excluding hydrogens is 238 g/mol. The third kappa shape index (κ3) is 2.63. The summed E-state index contributed by atoms with van der Waals surface area (Å²) in [5.74, 6) is 0.146. The van der Waals surface area contributed by atoms with Crippen LogP contribution in [0.4, 0.5) is 0 Å². The van der Waals surface area contributed by atoms with Crippen molar-refractivity contribution in [3.63, 3.8) is 0 Å². The highest BCUT2D eigenvalue weighted by atomic mass is 16.2. The molecule has 1 amide bonds. The van der Waals surface area contributed by atoms with E-state index in [1.165, 1.54) is 12.8 Å². The Balaban J connectivity index is 1.70. The Morgan fingerprint density at radius 3 is 3.05 bits per heavy atom. The van der Waals surface area contributed by atoms with E-state index >= 15 is 0 Å². The van der Waals surface area contributed by atoms with Gasteiger partial charge in [-0.05, 0) is 37.8 Å². The molecule has 0 aliphatic carbocycles. The molecule has 2 fully saturated rings. The lowest BCUT2D eigenvalue weighted by atomic mass is 10.0. The summed E-state index contributed by atoms with van der Waals surface area (Å²) in [5, 5.41) is 3.61. The number of hydrogen-bond donors (Lipinski definition) is 1. The standard InChI is InChI=1S/C15H21N3O/c1-11(12-3-2-7-16-9-12)15(19)18-8-6-13-4-5-14(10-18)17-13/h2-3,7,9,11,13-14,17H,4-6,8,10H2,1H3. The van der Waals surface area contributed by atoms with Crippen LogP contribution in [0.15, 0.2) is 24.5 Å². The molecule has 4 nitrogen and oxygen atoms in total. The van der Waals surface area contributed by atoms with Gasteiger partial charge in [-0.1, -0.05) is 6.07 Å². The van der Waals surface area contributed by atoms with Crippen molar-refractivity contribution in [3.8, 4) is 0 Å². The first-order chi connectivity index (χ1) is 9.24. The van der Waals surface area contributed by atoms with Crippen LogP contribution in [0.1, 0.15) is 37.7 Å². The third-order valence-electron chi connectivity index (χ3n) is 4.39. The number of fused-ring (bicyclic) bond motifs is 2. The molecule has 2 aliphatic heterocycles. The monoisotopic (exact) mass is 259 g/mol. The average molecular weight is 259 g/mol. The Morgan fingerprint density at radius 2 is 2.26 bits per heavy atom. The van der Waals surface area contributed by atoms with Crippen LogP contribution in [0.25, 0.3) is 0 Å². The molecular formula is C15H21N3O. The molecule has 1 aromatic heterocycles. The van der Waals surface area contributed by atoms with Crippen LogP contribution in [0.5, 0.6) is 0 Å². The molecule has 1 N–H and O–H groups in total. The highest BCUT2D eigenvalue weighted by Gasteiger charge is 2.32. The molecule has 3 unspecified atom stereocenters. The van der Waals surface area contributed by atoms with Gasteiger partial charge in [-0.2, -0.15) is 0 Å². The van der Waals surface area contributed by atoms with Crippen LogP contribution in [0.2, 0.25) is 0 Å². The molecule has 19 heavy (non-hydrogen) atoms. The van der Waals surface area contributed by atoms with E-state index in [0.717, 1.165) is 25.1 Å². The Bertz CT molecular complexity index is 448. The number of nitrogens with one attached hydrogen (secondary N) is 1. The van der Waals surface area contributed by atoms with Crippen molar-refractivity contribution in [2.24, 2.45) is 0 Å². The minimum absolute atomic E-state index is 0.0923. The molecule has 2 bridgehead atoms. The second-order valence-electron chi connectivity index (χ2n) is 5.72. The normalized spacial score (nSPS) is 27.9. The first kappa shape index (κ1) is 12.6. The fourth-order valence-corrected chi connectivity index (χ4v) is 3.19. The van der Waals surface area contributed by atoms with Crippen molar-refractivity contribution in [2.45, 2.75) is 44.2 Å². The zero-order chi connectivity index (χ0) is 13.2. The van der Waals surface area contributed by atoms with E-state index in [1.807, 2.05) is 24.0 Å². The summed E-state index contributed by atoms with van der Waals surface area (Å²) in [6.45, 7) is 3.73. The summed E-state index contributed by atoms with van der Waals surface area (Å²) in [6.07, 6.45) is 7.10. The van der Waals surface area contributed by atoms with Gasteiger partial charge in [0.25, 0.3) is 0 Å². The number of carbonyl (C=O) groups excluding carboxylic acids is 1. The van der Waals surface area contributed by atoms with Crippen LogP contribution >= 0.6 is 0 Å². The van der Waals surface area contributed by atoms with Gasteiger partial charge in [-0.15, -0.1) is 0 Å². The lowest BCUT2D eigenvalue weighted by Crippen LogP contribution is -2.40. The number of aromatic nitrogens is 1. The maximum Gasteiger partial charge on any atom is 0.229 e. The molecule has 2 aliphatic rings. The van der Waals surface area contributed by atoms with Crippen molar-refractivity contribution >= 4 is 5.91 Å². The van der Waals surface area contributed by atoms with Gasteiger partial charge in [0.2, 0.25) is 5.91 Å². The number of hydrogen-bond acceptors (Lipinski definition) is 3. The van der Waals surface area contributed by atoms with Gasteiger partial charge < -0.3 is 10.2 Å². The van der Waals surface area contributed by atoms with E-state index in [4.69, 9.17) is 0 Å². The van der Waals surface area contributed by atoms with Gasteiger partial charge >= 0.3 is 0 Å². The second kappa shape index (κ2) is 5.29. The van der Waals surface area contributed by atoms with E-state index in [2.05, 4.69) is 10.3 Å². The highest BCUT2D eigenvalue weighted by Crippen LogP contribution is 2.23. The molecule has 0 radical (unpaired) electrons. The van der Waals surface area contributed by atoms with Gasteiger partial charge in [-0.3, -0.25) is 9.78 Å². The summed E-state index contributed by atoms with van der Waals surface area (Å²) in [6, 6.07) is 5.00. The summed E-state index contributed by atoms with van der Waals surface area (Å²) >= 11 is 0.